The number of aromatic hydroxyl groups is 2. The molecule has 1 atom stereocenters. The highest BCUT2D eigenvalue weighted by atomic mass is 32.1. The van der Waals surface area contributed by atoms with E-state index < -0.39 is 0 Å². The first kappa shape index (κ1) is 14.3. The van der Waals surface area contributed by atoms with Crippen molar-refractivity contribution in [3.05, 3.63) is 59.7 Å². The van der Waals surface area contributed by atoms with Crippen molar-refractivity contribution in [3.8, 4) is 11.5 Å². The Kier molecular flexibility index (Phi) is 4.88. The Morgan fingerprint density at radius 1 is 0.950 bits per heavy atom. The molecule has 0 amide bonds. The first-order chi connectivity index (χ1) is 9.69. The van der Waals surface area contributed by atoms with Crippen molar-refractivity contribution in [1.29, 1.82) is 0 Å². The van der Waals surface area contributed by atoms with Crippen LogP contribution >= 0.6 is 12.2 Å². The Morgan fingerprint density at radius 3 is 2.05 bits per heavy atom. The first-order valence-corrected chi connectivity index (χ1v) is 6.70. The van der Waals surface area contributed by atoms with Crippen LogP contribution in [0.2, 0.25) is 0 Å². The second-order valence-corrected chi connectivity index (χ2v) is 4.77. The largest absolute Gasteiger partial charge is 0.508 e. The normalized spacial score (nSPS) is 11.6. The van der Waals surface area contributed by atoms with Gasteiger partial charge in [-0.25, -0.2) is 4.99 Å². The highest BCUT2D eigenvalue weighted by Gasteiger charge is 2.12. The van der Waals surface area contributed by atoms with Crippen molar-refractivity contribution in [2.45, 2.75) is 12.3 Å². The van der Waals surface area contributed by atoms with Gasteiger partial charge in [0.1, 0.15) is 11.5 Å². The molecule has 0 fully saturated rings. The molecule has 0 saturated carbocycles. The molecule has 0 heterocycles. The summed E-state index contributed by atoms with van der Waals surface area (Å²) in [5, 5.41) is 21.1. The lowest BCUT2D eigenvalue weighted by Crippen LogP contribution is -2.06. The summed E-state index contributed by atoms with van der Waals surface area (Å²) in [4.78, 5) is 4.04. The fourth-order valence-corrected chi connectivity index (χ4v) is 2.17. The lowest BCUT2D eigenvalue weighted by Gasteiger charge is -2.15. The maximum Gasteiger partial charge on any atom is 0.115 e. The maximum atomic E-state index is 9.35. The maximum absolute atomic E-state index is 9.35. The summed E-state index contributed by atoms with van der Waals surface area (Å²) in [7, 11) is 0. The Labute approximate surface area is 123 Å². The molecule has 0 radical (unpaired) electrons. The molecule has 0 aromatic heterocycles. The highest BCUT2D eigenvalue weighted by molar-refractivity contribution is 7.78. The summed E-state index contributed by atoms with van der Waals surface area (Å²) in [6, 6.07) is 14.2. The summed E-state index contributed by atoms with van der Waals surface area (Å²) >= 11 is 4.63. The van der Waals surface area contributed by atoms with E-state index in [9.17, 15) is 10.2 Å². The molecule has 2 aromatic rings. The van der Waals surface area contributed by atoms with Crippen LogP contribution in [0.25, 0.3) is 0 Å². The highest BCUT2D eigenvalue weighted by Crippen LogP contribution is 2.24. The van der Waals surface area contributed by atoms with Crippen molar-refractivity contribution < 1.29 is 10.2 Å². The van der Waals surface area contributed by atoms with Gasteiger partial charge in [-0.15, -0.1) is 0 Å². The molecule has 2 aromatic carbocycles. The minimum absolute atomic E-state index is 0.163. The van der Waals surface area contributed by atoms with Gasteiger partial charge < -0.3 is 10.2 Å². The number of aliphatic imine (C=N–C) groups is 1. The number of phenolic OH excluding ortho intramolecular Hbond substituents is 2. The smallest absolute Gasteiger partial charge is 0.115 e. The van der Waals surface area contributed by atoms with Crippen LogP contribution in [-0.4, -0.2) is 21.9 Å². The first-order valence-electron chi connectivity index (χ1n) is 6.29. The Bertz CT molecular complexity index is 601. The van der Waals surface area contributed by atoms with Gasteiger partial charge in [-0.1, -0.05) is 24.3 Å². The van der Waals surface area contributed by atoms with Crippen LogP contribution in [0, 0.1) is 0 Å². The van der Waals surface area contributed by atoms with Crippen LogP contribution in [-0.2, 0) is 6.42 Å². The van der Waals surface area contributed by atoms with Crippen molar-refractivity contribution >= 4 is 17.4 Å². The molecule has 3 nitrogen and oxygen atoms in total. The molecule has 20 heavy (non-hydrogen) atoms. The van der Waals surface area contributed by atoms with E-state index in [-0.39, 0.29) is 17.4 Å². The molecule has 2 rings (SSSR count). The zero-order chi connectivity index (χ0) is 14.4. The van der Waals surface area contributed by atoms with Crippen molar-refractivity contribution in [2.24, 2.45) is 4.99 Å². The summed E-state index contributed by atoms with van der Waals surface area (Å²) in [6.45, 7) is 0.551. The number of thiocarbonyl (C=S) groups is 1. The number of phenols is 2. The number of hydrogen-bond acceptors (Lipinski definition) is 4. The molecule has 0 aliphatic carbocycles. The van der Waals surface area contributed by atoms with Gasteiger partial charge in [0.15, 0.2) is 0 Å². The lowest BCUT2D eigenvalue weighted by molar-refractivity contribution is 0.474. The van der Waals surface area contributed by atoms with Crippen molar-refractivity contribution in [3.63, 3.8) is 0 Å². The molecular weight excluding hydrogens is 270 g/mol. The Balaban J connectivity index is 2.20. The summed E-state index contributed by atoms with van der Waals surface area (Å²) in [5.74, 6) is 0.665. The Morgan fingerprint density at radius 2 is 1.50 bits per heavy atom. The van der Waals surface area contributed by atoms with E-state index in [1.165, 1.54) is 0 Å². The van der Waals surface area contributed by atoms with Crippen LogP contribution in [0.1, 0.15) is 17.0 Å². The van der Waals surface area contributed by atoms with Crippen LogP contribution in [0.15, 0.2) is 53.5 Å². The van der Waals surface area contributed by atoms with Gasteiger partial charge in [0.2, 0.25) is 0 Å². The standard InChI is InChI=1S/C16H15NO2S/c18-15-5-1-12(2-6-15)9-14(10-17-11-20)13-3-7-16(19)8-4-13/h1-8,14,18-19H,9-10H2/t14-/m1/s1. The molecule has 0 unspecified atom stereocenters. The molecule has 4 heteroatoms. The Hall–Kier alpha value is -2.16. The molecule has 0 aliphatic heterocycles. The van der Waals surface area contributed by atoms with Gasteiger partial charge in [0.25, 0.3) is 0 Å². The topological polar surface area (TPSA) is 52.8 Å². The second kappa shape index (κ2) is 6.85. The molecule has 0 aliphatic rings. The average Bonchev–Trinajstić information content (AvgIpc) is 2.46. The number of isothiocyanates is 1. The van der Waals surface area contributed by atoms with E-state index in [1.807, 2.05) is 24.3 Å². The molecule has 0 saturated heterocycles. The average molecular weight is 285 g/mol. The molecular formula is C16H15NO2S. The predicted molar refractivity (Wildman–Crippen MR) is 82.6 cm³/mol. The number of nitrogens with zero attached hydrogens (tertiary/aromatic N) is 1. The number of rotatable bonds is 5. The molecule has 2 N–H and O–H groups in total. The van der Waals surface area contributed by atoms with E-state index in [0.717, 1.165) is 17.5 Å². The van der Waals surface area contributed by atoms with Crippen molar-refractivity contribution in [2.75, 3.05) is 6.54 Å². The third-order valence-electron chi connectivity index (χ3n) is 3.16. The van der Waals surface area contributed by atoms with E-state index in [0.29, 0.717) is 6.54 Å². The minimum Gasteiger partial charge on any atom is -0.508 e. The fourth-order valence-electron chi connectivity index (χ4n) is 2.10. The van der Waals surface area contributed by atoms with Gasteiger partial charge >= 0.3 is 0 Å². The SMILES string of the molecule is Oc1ccc(C[C@H](CN=C=S)c2ccc(O)cc2)cc1. The minimum atomic E-state index is 0.163. The quantitative estimate of drug-likeness (QED) is 0.652. The van der Waals surface area contributed by atoms with Crippen LogP contribution in [0.4, 0.5) is 0 Å². The lowest BCUT2D eigenvalue weighted by atomic mass is 9.92. The molecule has 102 valence electrons. The van der Waals surface area contributed by atoms with Gasteiger partial charge in [-0.05, 0) is 54.0 Å². The number of hydrogen-bond donors (Lipinski definition) is 2. The van der Waals surface area contributed by atoms with Crippen LogP contribution in [0.5, 0.6) is 11.5 Å². The monoisotopic (exact) mass is 285 g/mol. The van der Waals surface area contributed by atoms with E-state index in [1.54, 1.807) is 24.3 Å². The van der Waals surface area contributed by atoms with Crippen LogP contribution in [0.3, 0.4) is 0 Å². The third kappa shape index (κ3) is 3.92. The van der Waals surface area contributed by atoms with Gasteiger partial charge in [-0.2, -0.15) is 0 Å². The van der Waals surface area contributed by atoms with Gasteiger partial charge in [0.05, 0.1) is 11.7 Å². The third-order valence-corrected chi connectivity index (χ3v) is 3.29. The summed E-state index contributed by atoms with van der Waals surface area (Å²) in [6.07, 6.45) is 0.783. The van der Waals surface area contributed by atoms with Crippen molar-refractivity contribution in [1.82, 2.24) is 0 Å². The second-order valence-electron chi connectivity index (χ2n) is 4.59. The van der Waals surface area contributed by atoms with E-state index in [4.69, 9.17) is 0 Å². The van der Waals surface area contributed by atoms with Gasteiger partial charge in [0, 0.05) is 5.92 Å². The van der Waals surface area contributed by atoms with Gasteiger partial charge in [-0.3, -0.25) is 0 Å². The summed E-state index contributed by atoms with van der Waals surface area (Å²) < 4.78 is 0. The summed E-state index contributed by atoms with van der Waals surface area (Å²) in [5.41, 5.74) is 2.20. The fraction of sp³-hybridized carbons (Fsp3) is 0.188. The van der Waals surface area contributed by atoms with E-state index in [2.05, 4.69) is 22.4 Å². The molecule has 0 bridgehead atoms. The van der Waals surface area contributed by atoms with Crippen LogP contribution < -0.4 is 0 Å². The zero-order valence-electron chi connectivity index (χ0n) is 10.9. The van der Waals surface area contributed by atoms with E-state index >= 15 is 0 Å². The predicted octanol–water partition coefficient (Wildman–Crippen LogP) is 3.53. The molecule has 0 spiro atoms. The zero-order valence-corrected chi connectivity index (χ0v) is 11.7. The number of benzene rings is 2.